The molecule has 0 amide bonds. The molecule has 6 nitrogen and oxygen atoms in total. The molecule has 6 heteroatoms. The lowest BCUT2D eigenvalue weighted by molar-refractivity contribution is -0.166. The smallest absolute Gasteiger partial charge is 0.306 e. The van der Waals surface area contributed by atoms with Crippen LogP contribution in [0.5, 0.6) is 0 Å². The fourth-order valence-corrected chi connectivity index (χ4v) is 4.70. The molecule has 0 aromatic carbocycles. The number of hydrogen-bond acceptors (Lipinski definition) is 6. The van der Waals surface area contributed by atoms with Crippen molar-refractivity contribution in [3.63, 3.8) is 0 Å². The van der Waals surface area contributed by atoms with Gasteiger partial charge < -0.3 is 14.2 Å². The number of esters is 3. The van der Waals surface area contributed by atoms with Gasteiger partial charge in [0, 0.05) is 19.8 Å². The van der Waals surface area contributed by atoms with Crippen molar-refractivity contribution in [2.45, 2.75) is 181 Å². The lowest BCUT2D eigenvalue weighted by atomic mass is 10.1. The number of unbranched alkanes of at least 4 members (excludes halogenated alkanes) is 20. The van der Waals surface area contributed by atoms with E-state index in [0.717, 1.165) is 38.5 Å². The molecule has 0 rings (SSSR count). The normalized spacial score (nSPS) is 11.8. The van der Waals surface area contributed by atoms with Gasteiger partial charge in [0.15, 0.2) is 6.10 Å². The van der Waals surface area contributed by atoms with Gasteiger partial charge in [0.25, 0.3) is 0 Å². The maximum absolute atomic E-state index is 12.3. The zero-order chi connectivity index (χ0) is 28.8. The molecule has 0 aliphatic heterocycles. The van der Waals surface area contributed by atoms with Crippen LogP contribution in [0, 0.1) is 0 Å². The van der Waals surface area contributed by atoms with Gasteiger partial charge in [-0.05, 0) is 12.8 Å². The molecular weight excluding hydrogens is 492 g/mol. The van der Waals surface area contributed by atoms with Crippen LogP contribution in [-0.2, 0) is 28.6 Å². The Morgan fingerprint density at radius 1 is 0.462 bits per heavy atom. The zero-order valence-corrected chi connectivity index (χ0v) is 25.9. The van der Waals surface area contributed by atoms with Gasteiger partial charge in [-0.3, -0.25) is 14.4 Å². The van der Waals surface area contributed by atoms with Crippen LogP contribution in [0.2, 0.25) is 0 Å². The van der Waals surface area contributed by atoms with Crippen LogP contribution in [0.15, 0.2) is 0 Å². The summed E-state index contributed by atoms with van der Waals surface area (Å²) in [6, 6.07) is 0. The van der Waals surface area contributed by atoms with Gasteiger partial charge in [-0.2, -0.15) is 0 Å². The summed E-state index contributed by atoms with van der Waals surface area (Å²) >= 11 is 0. The van der Waals surface area contributed by atoms with E-state index in [2.05, 4.69) is 13.8 Å². The SMILES string of the molecule is CCCCCCCCCCCCCC(=O)OC[C@@H](COC(C)=O)OC(=O)CCCCCCCCCCCCC. The Morgan fingerprint density at radius 3 is 1.18 bits per heavy atom. The predicted molar refractivity (Wildman–Crippen MR) is 160 cm³/mol. The molecule has 0 aliphatic carbocycles. The first-order chi connectivity index (χ1) is 19.0. The minimum atomic E-state index is -0.754. The van der Waals surface area contributed by atoms with Gasteiger partial charge in [-0.15, -0.1) is 0 Å². The Kier molecular flexibility index (Phi) is 28.2. The second kappa shape index (κ2) is 29.4. The van der Waals surface area contributed by atoms with E-state index in [1.165, 1.54) is 110 Å². The van der Waals surface area contributed by atoms with E-state index in [0.29, 0.717) is 12.8 Å². The third kappa shape index (κ3) is 29.2. The Labute approximate surface area is 240 Å². The van der Waals surface area contributed by atoms with Gasteiger partial charge in [0.05, 0.1) is 0 Å². The van der Waals surface area contributed by atoms with E-state index in [4.69, 9.17) is 14.2 Å². The summed E-state index contributed by atoms with van der Waals surface area (Å²) in [4.78, 5) is 35.6. The van der Waals surface area contributed by atoms with E-state index in [-0.39, 0.29) is 25.2 Å². The first-order valence-corrected chi connectivity index (χ1v) is 16.5. The molecule has 0 N–H and O–H groups in total. The molecule has 39 heavy (non-hydrogen) atoms. The summed E-state index contributed by atoms with van der Waals surface area (Å²) in [5.74, 6) is -1.07. The zero-order valence-electron chi connectivity index (χ0n) is 25.9. The van der Waals surface area contributed by atoms with Crippen molar-refractivity contribution < 1.29 is 28.6 Å². The number of carbonyl (C=O) groups is 3. The summed E-state index contributed by atoms with van der Waals surface area (Å²) in [5, 5.41) is 0. The second-order valence-electron chi connectivity index (χ2n) is 11.2. The topological polar surface area (TPSA) is 78.9 Å². The standard InChI is InChI=1S/C33H62O6/c1-4-6-8-10-12-14-16-18-20-22-24-26-32(35)38-29-31(28-37-30(3)34)39-33(36)27-25-23-21-19-17-15-13-11-9-7-5-2/h31H,4-29H2,1-3H3/t31-/m1/s1. The van der Waals surface area contributed by atoms with Crippen LogP contribution in [0.1, 0.15) is 175 Å². The van der Waals surface area contributed by atoms with Crippen LogP contribution in [0.3, 0.4) is 0 Å². The van der Waals surface area contributed by atoms with E-state index in [1.807, 2.05) is 0 Å². The molecule has 1 atom stereocenters. The average molecular weight is 555 g/mol. The highest BCUT2D eigenvalue weighted by atomic mass is 16.6. The van der Waals surface area contributed by atoms with Crippen LogP contribution < -0.4 is 0 Å². The molecule has 230 valence electrons. The Hall–Kier alpha value is -1.59. The predicted octanol–water partition coefficient (Wildman–Crippen LogP) is 9.41. The lowest BCUT2D eigenvalue weighted by Gasteiger charge is -2.18. The highest BCUT2D eigenvalue weighted by Gasteiger charge is 2.18. The minimum absolute atomic E-state index is 0.0753. The minimum Gasteiger partial charge on any atom is -0.462 e. The maximum atomic E-state index is 12.3. The molecular formula is C33H62O6. The quantitative estimate of drug-likeness (QED) is 0.0520. The molecule has 0 saturated carbocycles. The largest absolute Gasteiger partial charge is 0.462 e. The van der Waals surface area contributed by atoms with Crippen molar-refractivity contribution in [2.24, 2.45) is 0 Å². The summed E-state index contributed by atoms with van der Waals surface area (Å²) in [6.45, 7) is 5.63. The molecule has 0 aromatic heterocycles. The summed E-state index contributed by atoms with van der Waals surface area (Å²) < 4.78 is 15.8. The summed E-state index contributed by atoms with van der Waals surface area (Å²) in [5.41, 5.74) is 0. The number of ether oxygens (including phenoxy) is 3. The Bertz CT molecular complexity index is 577. The molecule has 0 bridgehead atoms. The first kappa shape index (κ1) is 37.4. The number of hydrogen-bond donors (Lipinski definition) is 0. The average Bonchev–Trinajstić information content (AvgIpc) is 2.91. The van der Waals surface area contributed by atoms with Gasteiger partial charge >= 0.3 is 17.9 Å². The Balaban J connectivity index is 3.90. The third-order valence-electron chi connectivity index (χ3n) is 7.17. The van der Waals surface area contributed by atoms with E-state index < -0.39 is 12.1 Å². The molecule has 0 fully saturated rings. The lowest BCUT2D eigenvalue weighted by Crippen LogP contribution is -2.30. The summed E-state index contributed by atoms with van der Waals surface area (Å²) in [6.07, 6.45) is 26.8. The van der Waals surface area contributed by atoms with Crippen molar-refractivity contribution in [1.29, 1.82) is 0 Å². The molecule has 0 radical (unpaired) electrons. The van der Waals surface area contributed by atoms with Gasteiger partial charge in [-0.1, -0.05) is 142 Å². The van der Waals surface area contributed by atoms with Crippen LogP contribution in [-0.4, -0.2) is 37.2 Å². The molecule has 0 unspecified atom stereocenters. The van der Waals surface area contributed by atoms with Crippen LogP contribution in [0.4, 0.5) is 0 Å². The van der Waals surface area contributed by atoms with Gasteiger partial charge in [0.2, 0.25) is 0 Å². The monoisotopic (exact) mass is 554 g/mol. The Morgan fingerprint density at radius 2 is 0.795 bits per heavy atom. The fourth-order valence-electron chi connectivity index (χ4n) is 4.70. The van der Waals surface area contributed by atoms with Crippen molar-refractivity contribution >= 4 is 17.9 Å². The van der Waals surface area contributed by atoms with Crippen molar-refractivity contribution in [2.75, 3.05) is 13.2 Å². The fraction of sp³-hybridized carbons (Fsp3) is 0.909. The van der Waals surface area contributed by atoms with Gasteiger partial charge in [-0.25, -0.2) is 0 Å². The van der Waals surface area contributed by atoms with Crippen molar-refractivity contribution in [3.05, 3.63) is 0 Å². The molecule has 0 heterocycles. The number of carbonyl (C=O) groups excluding carboxylic acids is 3. The molecule has 0 spiro atoms. The van der Waals surface area contributed by atoms with Gasteiger partial charge in [0.1, 0.15) is 13.2 Å². The summed E-state index contributed by atoms with van der Waals surface area (Å²) in [7, 11) is 0. The highest BCUT2D eigenvalue weighted by molar-refractivity contribution is 5.70. The van der Waals surface area contributed by atoms with Crippen LogP contribution in [0.25, 0.3) is 0 Å². The van der Waals surface area contributed by atoms with Crippen LogP contribution >= 0.6 is 0 Å². The van der Waals surface area contributed by atoms with E-state index in [9.17, 15) is 14.4 Å². The number of rotatable bonds is 29. The molecule has 0 aliphatic rings. The van der Waals surface area contributed by atoms with E-state index in [1.54, 1.807) is 0 Å². The second-order valence-corrected chi connectivity index (χ2v) is 11.2. The molecule has 0 aromatic rings. The first-order valence-electron chi connectivity index (χ1n) is 16.5. The van der Waals surface area contributed by atoms with E-state index >= 15 is 0 Å². The third-order valence-corrected chi connectivity index (χ3v) is 7.17. The van der Waals surface area contributed by atoms with Crippen molar-refractivity contribution in [1.82, 2.24) is 0 Å². The maximum Gasteiger partial charge on any atom is 0.306 e. The molecule has 0 saturated heterocycles. The highest BCUT2D eigenvalue weighted by Crippen LogP contribution is 2.14. The van der Waals surface area contributed by atoms with Crippen molar-refractivity contribution in [3.8, 4) is 0 Å².